The number of nitrogens with two attached hydrogens (primary N) is 1. The maximum Gasteiger partial charge on any atom is 0.309 e. The van der Waals surface area contributed by atoms with Crippen molar-refractivity contribution in [1.82, 2.24) is 0 Å². The molecule has 0 amide bonds. The molecule has 0 saturated carbocycles. The molecule has 0 aliphatic carbocycles. The Morgan fingerprint density at radius 2 is 2.29 bits per heavy atom. The Hall–Kier alpha value is -0.870. The van der Waals surface area contributed by atoms with Crippen LogP contribution in [0.1, 0.15) is 13.8 Å². The van der Waals surface area contributed by atoms with Gasteiger partial charge in [0.2, 0.25) is 0 Å². The molecular weight excluding hydrogens is 258 g/mol. The van der Waals surface area contributed by atoms with Gasteiger partial charge in [-0.2, -0.15) is 0 Å². The molecule has 0 heterocycles. The fourth-order valence-corrected chi connectivity index (χ4v) is 2.35. The third-order valence-corrected chi connectivity index (χ3v) is 3.73. The van der Waals surface area contributed by atoms with E-state index in [-0.39, 0.29) is 11.9 Å². The number of hydrogen-bond acceptors (Lipinski definition) is 4. The van der Waals surface area contributed by atoms with E-state index in [1.807, 2.05) is 13.0 Å². The Morgan fingerprint density at radius 3 is 2.88 bits per heavy atom. The maximum absolute atomic E-state index is 11.4. The van der Waals surface area contributed by atoms with Crippen molar-refractivity contribution in [2.75, 3.05) is 18.1 Å². The van der Waals surface area contributed by atoms with Crippen LogP contribution in [0.15, 0.2) is 23.1 Å². The highest BCUT2D eigenvalue weighted by Gasteiger charge is 2.14. The molecule has 0 fully saturated rings. The fraction of sp³-hybridized carbons (Fsp3) is 0.417. The average Bonchev–Trinajstić information content (AvgIpc) is 2.27. The molecule has 5 heteroatoms. The van der Waals surface area contributed by atoms with Crippen LogP contribution >= 0.6 is 23.4 Å². The molecule has 0 aromatic heterocycles. The Labute approximate surface area is 111 Å². The highest BCUT2D eigenvalue weighted by Crippen LogP contribution is 2.29. The Kier molecular flexibility index (Phi) is 5.65. The van der Waals surface area contributed by atoms with Crippen LogP contribution in [0.25, 0.3) is 0 Å². The molecule has 0 spiro atoms. The molecule has 94 valence electrons. The monoisotopic (exact) mass is 273 g/mol. The van der Waals surface area contributed by atoms with Crippen molar-refractivity contribution in [2.45, 2.75) is 18.7 Å². The topological polar surface area (TPSA) is 52.3 Å². The van der Waals surface area contributed by atoms with E-state index in [4.69, 9.17) is 22.1 Å². The SMILES string of the molecule is CCOC(=O)C(C)CSc1ccc(Cl)cc1N. The Morgan fingerprint density at radius 1 is 1.59 bits per heavy atom. The fourth-order valence-electron chi connectivity index (χ4n) is 1.22. The van der Waals surface area contributed by atoms with Gasteiger partial charge >= 0.3 is 5.97 Å². The third kappa shape index (κ3) is 4.48. The number of nitrogen functional groups attached to an aromatic ring is 1. The summed E-state index contributed by atoms with van der Waals surface area (Å²) < 4.78 is 4.94. The summed E-state index contributed by atoms with van der Waals surface area (Å²) in [7, 11) is 0. The van der Waals surface area contributed by atoms with Gasteiger partial charge < -0.3 is 10.5 Å². The average molecular weight is 274 g/mol. The molecule has 0 saturated heterocycles. The number of halogens is 1. The van der Waals surface area contributed by atoms with Crippen LogP contribution in [0.3, 0.4) is 0 Å². The van der Waals surface area contributed by atoms with Crippen LogP contribution in [-0.4, -0.2) is 18.3 Å². The van der Waals surface area contributed by atoms with E-state index in [9.17, 15) is 4.79 Å². The number of carbonyl (C=O) groups is 1. The van der Waals surface area contributed by atoms with E-state index in [0.717, 1.165) is 4.90 Å². The molecular formula is C12H16ClNO2S. The zero-order valence-electron chi connectivity index (χ0n) is 9.90. The number of benzene rings is 1. The molecule has 1 aromatic carbocycles. The highest BCUT2D eigenvalue weighted by molar-refractivity contribution is 7.99. The van der Waals surface area contributed by atoms with E-state index < -0.39 is 0 Å². The summed E-state index contributed by atoms with van der Waals surface area (Å²) in [5.41, 5.74) is 6.46. The first kappa shape index (κ1) is 14.2. The number of esters is 1. The Bertz CT molecular complexity index is 398. The minimum Gasteiger partial charge on any atom is -0.466 e. The Balaban J connectivity index is 2.52. The first-order valence-electron chi connectivity index (χ1n) is 5.39. The summed E-state index contributed by atoms with van der Waals surface area (Å²) in [4.78, 5) is 12.4. The largest absolute Gasteiger partial charge is 0.466 e. The van der Waals surface area contributed by atoms with Gasteiger partial charge in [-0.3, -0.25) is 4.79 Å². The van der Waals surface area contributed by atoms with E-state index in [1.165, 1.54) is 11.8 Å². The van der Waals surface area contributed by atoms with Crippen molar-refractivity contribution in [3.05, 3.63) is 23.2 Å². The number of hydrogen-bond donors (Lipinski definition) is 1. The number of anilines is 1. The second-order valence-electron chi connectivity index (χ2n) is 3.65. The van der Waals surface area contributed by atoms with Gasteiger partial charge in [0.1, 0.15) is 0 Å². The molecule has 1 aromatic rings. The lowest BCUT2D eigenvalue weighted by molar-refractivity contribution is -0.146. The first-order chi connectivity index (χ1) is 8.04. The number of carbonyl (C=O) groups excluding carboxylic acids is 1. The second-order valence-corrected chi connectivity index (χ2v) is 5.14. The van der Waals surface area contributed by atoms with E-state index in [2.05, 4.69) is 0 Å². The molecule has 0 aliphatic rings. The predicted octanol–water partition coefficient (Wildman–Crippen LogP) is 3.21. The number of ether oxygens (including phenoxy) is 1. The summed E-state index contributed by atoms with van der Waals surface area (Å²) in [5.74, 6) is 0.326. The van der Waals surface area contributed by atoms with Gasteiger partial charge in [0.05, 0.1) is 12.5 Å². The van der Waals surface area contributed by atoms with Crippen LogP contribution < -0.4 is 5.73 Å². The van der Waals surface area contributed by atoms with Crippen molar-refractivity contribution in [3.8, 4) is 0 Å². The molecule has 17 heavy (non-hydrogen) atoms. The molecule has 0 aliphatic heterocycles. The normalized spacial score (nSPS) is 12.2. The summed E-state index contributed by atoms with van der Waals surface area (Å²) in [6, 6.07) is 5.36. The minimum absolute atomic E-state index is 0.143. The zero-order chi connectivity index (χ0) is 12.8. The van der Waals surface area contributed by atoms with Crippen LogP contribution in [0.2, 0.25) is 5.02 Å². The van der Waals surface area contributed by atoms with Gasteiger partial charge in [0.25, 0.3) is 0 Å². The highest BCUT2D eigenvalue weighted by atomic mass is 35.5. The quantitative estimate of drug-likeness (QED) is 0.508. The van der Waals surface area contributed by atoms with Gasteiger partial charge in [-0.1, -0.05) is 18.5 Å². The van der Waals surface area contributed by atoms with Crippen LogP contribution in [0, 0.1) is 5.92 Å². The molecule has 1 atom stereocenters. The van der Waals surface area contributed by atoms with Crippen molar-refractivity contribution in [1.29, 1.82) is 0 Å². The van der Waals surface area contributed by atoms with Crippen LogP contribution in [0.4, 0.5) is 5.69 Å². The zero-order valence-corrected chi connectivity index (χ0v) is 11.5. The summed E-state index contributed by atoms with van der Waals surface area (Å²) in [6.45, 7) is 4.06. The molecule has 0 radical (unpaired) electrons. The van der Waals surface area contributed by atoms with Crippen molar-refractivity contribution in [2.24, 2.45) is 5.92 Å². The lowest BCUT2D eigenvalue weighted by Crippen LogP contribution is -2.16. The van der Waals surface area contributed by atoms with E-state index in [0.29, 0.717) is 23.1 Å². The summed E-state index contributed by atoms with van der Waals surface area (Å²) >= 11 is 7.34. The van der Waals surface area contributed by atoms with Gasteiger partial charge in [-0.25, -0.2) is 0 Å². The number of thioether (sulfide) groups is 1. The van der Waals surface area contributed by atoms with Gasteiger partial charge in [0, 0.05) is 21.4 Å². The second kappa shape index (κ2) is 6.77. The minimum atomic E-state index is -0.174. The van der Waals surface area contributed by atoms with Crippen LogP contribution in [0.5, 0.6) is 0 Å². The smallest absolute Gasteiger partial charge is 0.309 e. The molecule has 1 unspecified atom stereocenters. The van der Waals surface area contributed by atoms with Crippen LogP contribution in [-0.2, 0) is 9.53 Å². The van der Waals surface area contributed by atoms with Crippen molar-refractivity contribution >= 4 is 35.0 Å². The molecule has 3 nitrogen and oxygen atoms in total. The molecule has 1 rings (SSSR count). The molecule has 2 N–H and O–H groups in total. The van der Waals surface area contributed by atoms with Gasteiger partial charge in [0.15, 0.2) is 0 Å². The maximum atomic E-state index is 11.4. The van der Waals surface area contributed by atoms with Gasteiger partial charge in [-0.05, 0) is 25.1 Å². The van der Waals surface area contributed by atoms with Gasteiger partial charge in [-0.15, -0.1) is 11.8 Å². The van der Waals surface area contributed by atoms with Crippen molar-refractivity contribution in [3.63, 3.8) is 0 Å². The summed E-state index contributed by atoms with van der Waals surface area (Å²) in [6.07, 6.45) is 0. The van der Waals surface area contributed by atoms with E-state index >= 15 is 0 Å². The lowest BCUT2D eigenvalue weighted by Gasteiger charge is -2.11. The van der Waals surface area contributed by atoms with E-state index in [1.54, 1.807) is 19.1 Å². The lowest BCUT2D eigenvalue weighted by atomic mass is 10.2. The standard InChI is InChI=1S/C12H16ClNO2S/c1-3-16-12(15)8(2)7-17-11-5-4-9(13)6-10(11)14/h4-6,8H,3,7,14H2,1-2H3. The predicted molar refractivity (Wildman–Crippen MR) is 72.4 cm³/mol. The summed E-state index contributed by atoms with van der Waals surface area (Å²) in [5, 5.41) is 0.616. The molecule has 0 bridgehead atoms. The van der Waals surface area contributed by atoms with Crippen molar-refractivity contribution < 1.29 is 9.53 Å². The first-order valence-corrected chi connectivity index (χ1v) is 6.75. The third-order valence-electron chi connectivity index (χ3n) is 2.15. The number of rotatable bonds is 5.